The van der Waals surface area contributed by atoms with Gasteiger partial charge in [0, 0.05) is 55.9 Å². The fourth-order valence-corrected chi connectivity index (χ4v) is 6.50. The summed E-state index contributed by atoms with van der Waals surface area (Å²) in [5.41, 5.74) is 1.30. The van der Waals surface area contributed by atoms with E-state index >= 15 is 0 Å². The highest BCUT2D eigenvalue weighted by Crippen LogP contribution is 2.34. The lowest BCUT2D eigenvalue weighted by atomic mass is 10.1. The molecule has 3 aromatic heterocycles. The maximum absolute atomic E-state index is 14.6. The summed E-state index contributed by atoms with van der Waals surface area (Å²) < 4.78 is 52.8. The smallest absolute Gasteiger partial charge is 0.410 e. The first-order valence-electron chi connectivity index (χ1n) is 13.0. The van der Waals surface area contributed by atoms with Crippen molar-refractivity contribution in [3.05, 3.63) is 48.3 Å². The van der Waals surface area contributed by atoms with Crippen LogP contribution in [0.4, 0.5) is 20.6 Å². The van der Waals surface area contributed by atoms with E-state index in [0.29, 0.717) is 29.7 Å². The molecule has 0 unspecified atom stereocenters. The minimum atomic E-state index is -4.13. The molecule has 1 N–H and O–H groups in total. The average molecular weight is 572 g/mol. The van der Waals surface area contributed by atoms with Gasteiger partial charge in [-0.05, 0) is 53.7 Å². The quantitative estimate of drug-likeness (QED) is 0.388. The van der Waals surface area contributed by atoms with E-state index in [-0.39, 0.29) is 34.4 Å². The van der Waals surface area contributed by atoms with Crippen LogP contribution >= 0.6 is 0 Å². The number of nitrogens with one attached hydrogen (secondary N) is 1. The molecule has 1 aromatic carbocycles. The number of nitrogens with zero attached hydrogens (tertiary/aromatic N) is 6. The number of anilines is 2. The number of hydrogen-bond donors (Lipinski definition) is 1. The Kier molecular flexibility index (Phi) is 6.68. The summed E-state index contributed by atoms with van der Waals surface area (Å²) in [6.45, 7) is 12.2. The first kappa shape index (κ1) is 27.7. The standard InChI is InChI=1S/C27H34FN7O4S/c1-16-11-34-14-19(10-21(28)25(34)29-16)31-40(37,38)23-9-8-22(20-15-32(7)30-24(20)23)33-12-17(2)35(18(3)13-33)26(36)39-27(4,5)6/h8-11,14-15,17-18,31H,12-13H2,1-7H3/t17-,18+. The van der Waals surface area contributed by atoms with Crippen LogP contribution in [0.2, 0.25) is 0 Å². The van der Waals surface area contributed by atoms with Crippen LogP contribution < -0.4 is 9.62 Å². The third kappa shape index (κ3) is 5.17. The van der Waals surface area contributed by atoms with Gasteiger partial charge >= 0.3 is 6.09 Å². The van der Waals surface area contributed by atoms with Gasteiger partial charge in [-0.15, -0.1) is 0 Å². The van der Waals surface area contributed by atoms with Gasteiger partial charge in [-0.25, -0.2) is 22.6 Å². The lowest BCUT2D eigenvalue weighted by Crippen LogP contribution is -2.59. The second kappa shape index (κ2) is 9.65. The van der Waals surface area contributed by atoms with Gasteiger partial charge in [0.15, 0.2) is 11.5 Å². The van der Waals surface area contributed by atoms with Crippen LogP contribution in [-0.4, -0.2) is 69.4 Å². The summed E-state index contributed by atoms with van der Waals surface area (Å²) in [5.74, 6) is -0.639. The van der Waals surface area contributed by atoms with Crippen LogP contribution in [0, 0.1) is 12.7 Å². The molecule has 1 amide bonds. The fraction of sp³-hybridized carbons (Fsp3) is 0.444. The van der Waals surface area contributed by atoms with Crippen LogP contribution in [0.25, 0.3) is 16.6 Å². The number of benzene rings is 1. The van der Waals surface area contributed by atoms with Crippen molar-refractivity contribution in [1.82, 2.24) is 24.1 Å². The van der Waals surface area contributed by atoms with Crippen LogP contribution in [0.1, 0.15) is 40.3 Å². The Morgan fingerprint density at radius 3 is 2.45 bits per heavy atom. The fourth-order valence-electron chi connectivity index (χ4n) is 5.31. The number of piperazine rings is 1. The maximum atomic E-state index is 14.6. The van der Waals surface area contributed by atoms with E-state index in [1.54, 1.807) is 42.0 Å². The van der Waals surface area contributed by atoms with Crippen molar-refractivity contribution >= 4 is 44.0 Å². The molecule has 1 saturated heterocycles. The molecule has 214 valence electrons. The van der Waals surface area contributed by atoms with Gasteiger partial charge in [0.05, 0.1) is 23.5 Å². The van der Waals surface area contributed by atoms with Gasteiger partial charge in [0.25, 0.3) is 10.0 Å². The highest BCUT2D eigenvalue weighted by molar-refractivity contribution is 7.93. The number of aromatic nitrogens is 4. The SMILES string of the molecule is Cc1cn2cc(NS(=O)(=O)c3ccc(N4C[C@@H](C)N(C(=O)OC(C)(C)C)[C@@H](C)C4)c4cn(C)nc34)cc(F)c2n1. The molecule has 0 radical (unpaired) electrons. The third-order valence-electron chi connectivity index (χ3n) is 6.76. The average Bonchev–Trinajstić information content (AvgIpc) is 3.37. The summed E-state index contributed by atoms with van der Waals surface area (Å²) >= 11 is 0. The monoisotopic (exact) mass is 571 g/mol. The normalized spacial score (nSPS) is 18.5. The molecular weight excluding hydrogens is 537 g/mol. The van der Waals surface area contributed by atoms with E-state index in [0.717, 1.165) is 11.8 Å². The third-order valence-corrected chi connectivity index (χ3v) is 8.18. The molecule has 2 atom stereocenters. The van der Waals surface area contributed by atoms with Gasteiger partial charge in [-0.1, -0.05) is 0 Å². The Labute approximate surface area is 232 Å². The molecule has 4 aromatic rings. The lowest BCUT2D eigenvalue weighted by Gasteiger charge is -2.45. The number of carbonyl (C=O) groups excluding carboxylic acids is 1. The molecule has 0 bridgehead atoms. The second-order valence-corrected chi connectivity index (χ2v) is 13.1. The van der Waals surface area contributed by atoms with Crippen molar-refractivity contribution in [3.63, 3.8) is 0 Å². The molecule has 1 fully saturated rings. The molecule has 0 aliphatic carbocycles. The van der Waals surface area contributed by atoms with Crippen molar-refractivity contribution in [1.29, 1.82) is 0 Å². The van der Waals surface area contributed by atoms with E-state index in [2.05, 4.69) is 19.7 Å². The van der Waals surface area contributed by atoms with Crippen LogP contribution in [0.15, 0.2) is 41.7 Å². The number of halogens is 1. The number of fused-ring (bicyclic) bond motifs is 2. The summed E-state index contributed by atoms with van der Waals surface area (Å²) in [5, 5.41) is 5.12. The first-order valence-corrected chi connectivity index (χ1v) is 14.5. The summed E-state index contributed by atoms with van der Waals surface area (Å²) in [6.07, 6.45) is 4.52. The Hall–Kier alpha value is -3.87. The zero-order valence-corrected chi connectivity index (χ0v) is 24.5. The molecule has 11 nitrogen and oxygen atoms in total. The van der Waals surface area contributed by atoms with Crippen LogP contribution in [0.5, 0.6) is 0 Å². The van der Waals surface area contributed by atoms with Gasteiger partial charge in [0.2, 0.25) is 0 Å². The highest BCUT2D eigenvalue weighted by atomic mass is 32.2. The van der Waals surface area contributed by atoms with Crippen LogP contribution in [-0.2, 0) is 21.8 Å². The van der Waals surface area contributed by atoms with E-state index < -0.39 is 21.4 Å². The minimum absolute atomic E-state index is 0.0253. The van der Waals surface area contributed by atoms with Crippen molar-refractivity contribution in [3.8, 4) is 0 Å². The van der Waals surface area contributed by atoms with Crippen LogP contribution in [0.3, 0.4) is 0 Å². The molecule has 5 rings (SSSR count). The van der Waals surface area contributed by atoms with Gasteiger partial charge in [-0.2, -0.15) is 5.10 Å². The Morgan fingerprint density at radius 1 is 1.12 bits per heavy atom. The van der Waals surface area contributed by atoms with Crippen molar-refractivity contribution < 1.29 is 22.3 Å². The number of rotatable bonds is 4. The number of imidazole rings is 1. The van der Waals surface area contributed by atoms with Crippen molar-refractivity contribution in [2.45, 2.75) is 64.1 Å². The number of pyridine rings is 1. The maximum Gasteiger partial charge on any atom is 0.410 e. The van der Waals surface area contributed by atoms with E-state index in [1.807, 2.05) is 34.6 Å². The number of carbonyl (C=O) groups is 1. The molecule has 1 aliphatic heterocycles. The van der Waals surface area contributed by atoms with E-state index in [1.165, 1.54) is 16.7 Å². The largest absolute Gasteiger partial charge is 0.444 e. The molecule has 0 saturated carbocycles. The predicted octanol–water partition coefficient (Wildman–Crippen LogP) is 4.30. The van der Waals surface area contributed by atoms with Gasteiger partial charge in [-0.3, -0.25) is 14.3 Å². The van der Waals surface area contributed by atoms with E-state index in [9.17, 15) is 17.6 Å². The zero-order chi connectivity index (χ0) is 29.1. The van der Waals surface area contributed by atoms with Crippen molar-refractivity contribution in [2.24, 2.45) is 7.05 Å². The second-order valence-electron chi connectivity index (χ2n) is 11.4. The molecular formula is C27H34FN7O4S. The number of sulfonamides is 1. The Bertz CT molecular complexity index is 1710. The van der Waals surface area contributed by atoms with E-state index in [4.69, 9.17) is 4.74 Å². The Balaban J connectivity index is 1.46. The number of ether oxygens (including phenoxy) is 1. The van der Waals surface area contributed by atoms with Gasteiger partial charge in [0.1, 0.15) is 16.0 Å². The van der Waals surface area contributed by atoms with Gasteiger partial charge < -0.3 is 14.0 Å². The molecule has 13 heteroatoms. The molecule has 40 heavy (non-hydrogen) atoms. The number of aryl methyl sites for hydroxylation is 2. The van der Waals surface area contributed by atoms with Crippen molar-refractivity contribution in [2.75, 3.05) is 22.7 Å². The molecule has 0 spiro atoms. The summed E-state index contributed by atoms with van der Waals surface area (Å²) in [7, 11) is -2.40. The zero-order valence-electron chi connectivity index (χ0n) is 23.6. The molecule has 4 heterocycles. The molecule has 1 aliphatic rings. The number of amides is 1. The number of hydrogen-bond acceptors (Lipinski definition) is 7. The lowest BCUT2D eigenvalue weighted by molar-refractivity contribution is 0.00567. The summed E-state index contributed by atoms with van der Waals surface area (Å²) in [6, 6.07) is 4.08. The predicted molar refractivity (Wildman–Crippen MR) is 151 cm³/mol. The summed E-state index contributed by atoms with van der Waals surface area (Å²) in [4.78, 5) is 20.8. The highest BCUT2D eigenvalue weighted by Gasteiger charge is 2.36. The minimum Gasteiger partial charge on any atom is -0.444 e. The Morgan fingerprint density at radius 2 is 1.80 bits per heavy atom. The first-order chi connectivity index (χ1) is 18.6. The topological polar surface area (TPSA) is 114 Å².